The second kappa shape index (κ2) is 13.2. The van der Waals surface area contributed by atoms with Crippen LogP contribution in [-0.2, 0) is 26.2 Å². The van der Waals surface area contributed by atoms with E-state index in [0.29, 0.717) is 10.8 Å². The predicted molar refractivity (Wildman–Crippen MR) is 158 cm³/mol. The molecule has 0 aliphatic rings. The number of anilines is 1. The van der Waals surface area contributed by atoms with Crippen molar-refractivity contribution in [2.75, 3.05) is 18.0 Å². The molecule has 0 saturated heterocycles. The summed E-state index contributed by atoms with van der Waals surface area (Å²) in [5.41, 5.74) is 2.65. The van der Waals surface area contributed by atoms with Crippen LogP contribution < -0.4 is 14.4 Å². The van der Waals surface area contributed by atoms with Gasteiger partial charge in [0.25, 0.3) is 10.0 Å². The summed E-state index contributed by atoms with van der Waals surface area (Å²) in [6.45, 7) is 8.49. The molecule has 0 bridgehead atoms. The van der Waals surface area contributed by atoms with Crippen molar-refractivity contribution in [1.82, 2.24) is 10.2 Å². The Balaban J connectivity index is 2.10. The van der Waals surface area contributed by atoms with E-state index in [1.165, 1.54) is 24.1 Å². The first-order valence-corrected chi connectivity index (χ1v) is 14.7. The third-order valence-electron chi connectivity index (χ3n) is 6.36. The van der Waals surface area contributed by atoms with E-state index in [9.17, 15) is 18.0 Å². The lowest BCUT2D eigenvalue weighted by Crippen LogP contribution is -2.52. The number of carbonyl (C=O) groups excluding carboxylic acids is 2. The molecule has 40 heavy (non-hydrogen) atoms. The van der Waals surface area contributed by atoms with E-state index in [0.717, 1.165) is 21.0 Å². The number of nitrogens with one attached hydrogen (secondary N) is 1. The molecule has 0 aliphatic carbocycles. The molecule has 0 saturated carbocycles. The van der Waals surface area contributed by atoms with Crippen molar-refractivity contribution in [3.05, 3.63) is 88.4 Å². The van der Waals surface area contributed by atoms with E-state index < -0.39 is 28.5 Å². The highest BCUT2D eigenvalue weighted by molar-refractivity contribution is 7.92. The minimum atomic E-state index is -4.20. The summed E-state index contributed by atoms with van der Waals surface area (Å²) in [6.07, 6.45) is 0. The van der Waals surface area contributed by atoms with E-state index in [2.05, 4.69) is 5.32 Å². The van der Waals surface area contributed by atoms with Gasteiger partial charge in [-0.2, -0.15) is 0 Å². The summed E-state index contributed by atoms with van der Waals surface area (Å²) < 4.78 is 34.6. The number of methoxy groups -OCH3 is 1. The number of carbonyl (C=O) groups is 2. The van der Waals surface area contributed by atoms with E-state index in [1.807, 2.05) is 27.7 Å². The first-order valence-electron chi connectivity index (χ1n) is 12.9. The standard InChI is InChI=1S/C30H36ClN3O5S/c1-20(2)32-30(36)23(5)33(18-24-10-12-25(31)13-11-24)29(35)19-34(27-17-22(4)9-16-28(27)39-6)40(37,38)26-14-7-21(3)8-15-26/h7-17,20,23H,18-19H2,1-6H3,(H,32,36)/t23-/m1/s1. The van der Waals surface area contributed by atoms with Crippen LogP contribution >= 0.6 is 11.6 Å². The largest absolute Gasteiger partial charge is 0.495 e. The van der Waals surface area contributed by atoms with Crippen LogP contribution in [0.25, 0.3) is 0 Å². The Bertz CT molecular complexity index is 1440. The van der Waals surface area contributed by atoms with Crippen molar-refractivity contribution in [2.24, 2.45) is 0 Å². The fourth-order valence-electron chi connectivity index (χ4n) is 4.12. The molecule has 0 heterocycles. The van der Waals surface area contributed by atoms with E-state index in [-0.39, 0.29) is 29.1 Å². The number of benzene rings is 3. The van der Waals surface area contributed by atoms with Crippen LogP contribution in [0.3, 0.4) is 0 Å². The maximum atomic E-state index is 14.0. The number of nitrogens with zero attached hydrogens (tertiary/aromatic N) is 2. The van der Waals surface area contributed by atoms with E-state index in [4.69, 9.17) is 16.3 Å². The summed E-state index contributed by atoms with van der Waals surface area (Å²) in [6, 6.07) is 17.4. The highest BCUT2D eigenvalue weighted by Gasteiger charge is 2.34. The van der Waals surface area contributed by atoms with Crippen LogP contribution in [0, 0.1) is 13.8 Å². The number of amides is 2. The van der Waals surface area contributed by atoms with Crippen molar-refractivity contribution < 1.29 is 22.7 Å². The van der Waals surface area contributed by atoms with Crippen LogP contribution in [-0.4, -0.2) is 50.9 Å². The van der Waals surface area contributed by atoms with E-state index in [1.54, 1.807) is 61.5 Å². The average molecular weight is 586 g/mol. The molecule has 3 rings (SSSR count). The number of rotatable bonds is 11. The molecule has 0 fully saturated rings. The van der Waals surface area contributed by atoms with Crippen molar-refractivity contribution in [3.8, 4) is 5.75 Å². The lowest BCUT2D eigenvalue weighted by atomic mass is 10.1. The lowest BCUT2D eigenvalue weighted by molar-refractivity contribution is -0.139. The molecule has 10 heteroatoms. The molecule has 0 spiro atoms. The Morgan fingerprint density at radius 3 is 2.10 bits per heavy atom. The second-order valence-corrected chi connectivity index (χ2v) is 12.3. The highest BCUT2D eigenvalue weighted by Crippen LogP contribution is 2.34. The molecule has 0 unspecified atom stereocenters. The number of halogens is 1. The topological polar surface area (TPSA) is 96.0 Å². The van der Waals surface area contributed by atoms with Gasteiger partial charge in [-0.05, 0) is 82.1 Å². The van der Waals surface area contributed by atoms with Gasteiger partial charge in [0.15, 0.2) is 0 Å². The van der Waals surface area contributed by atoms with Crippen molar-refractivity contribution in [3.63, 3.8) is 0 Å². The molecule has 0 aliphatic heterocycles. The summed E-state index contributed by atoms with van der Waals surface area (Å²) in [5.74, 6) is -0.608. The van der Waals surface area contributed by atoms with Crippen LogP contribution in [0.5, 0.6) is 5.75 Å². The molecular weight excluding hydrogens is 550 g/mol. The van der Waals surface area contributed by atoms with Crippen LogP contribution in [0.2, 0.25) is 5.02 Å². The molecule has 3 aromatic carbocycles. The molecule has 3 aromatic rings. The zero-order valence-corrected chi connectivity index (χ0v) is 25.2. The monoisotopic (exact) mass is 585 g/mol. The molecule has 214 valence electrons. The molecular formula is C30H36ClN3O5S. The first-order chi connectivity index (χ1) is 18.8. The fourth-order valence-corrected chi connectivity index (χ4v) is 5.66. The number of hydrogen-bond donors (Lipinski definition) is 1. The second-order valence-electron chi connectivity index (χ2n) is 9.99. The third kappa shape index (κ3) is 7.55. The van der Waals surface area contributed by atoms with Gasteiger partial charge in [-0.15, -0.1) is 0 Å². The van der Waals surface area contributed by atoms with Gasteiger partial charge in [0.05, 0.1) is 17.7 Å². The van der Waals surface area contributed by atoms with Crippen molar-refractivity contribution in [1.29, 1.82) is 0 Å². The summed E-state index contributed by atoms with van der Waals surface area (Å²) in [7, 11) is -2.76. The Morgan fingerprint density at radius 2 is 1.52 bits per heavy atom. The summed E-state index contributed by atoms with van der Waals surface area (Å²) in [5, 5.41) is 3.38. The molecule has 0 aromatic heterocycles. The van der Waals surface area contributed by atoms with Gasteiger partial charge in [-0.1, -0.05) is 47.5 Å². The Morgan fingerprint density at radius 1 is 0.925 bits per heavy atom. The van der Waals surface area contributed by atoms with Gasteiger partial charge in [0.2, 0.25) is 11.8 Å². The smallest absolute Gasteiger partial charge is 0.264 e. The van der Waals surface area contributed by atoms with Crippen LogP contribution in [0.4, 0.5) is 5.69 Å². The minimum absolute atomic E-state index is 0.0318. The van der Waals surface area contributed by atoms with Crippen molar-refractivity contribution in [2.45, 2.75) is 58.1 Å². The third-order valence-corrected chi connectivity index (χ3v) is 8.38. The predicted octanol–water partition coefficient (Wildman–Crippen LogP) is 5.10. The number of aryl methyl sites for hydroxylation is 2. The number of ether oxygens (including phenoxy) is 1. The summed E-state index contributed by atoms with van der Waals surface area (Å²) >= 11 is 6.05. The van der Waals surface area contributed by atoms with Gasteiger partial charge in [0, 0.05) is 17.6 Å². The maximum absolute atomic E-state index is 14.0. The number of hydrogen-bond acceptors (Lipinski definition) is 5. The van der Waals surface area contributed by atoms with Crippen LogP contribution in [0.1, 0.15) is 37.5 Å². The Kier molecular flexibility index (Phi) is 10.2. The highest BCUT2D eigenvalue weighted by atomic mass is 35.5. The Labute approximate surface area is 241 Å². The molecule has 2 amide bonds. The normalized spacial score (nSPS) is 12.1. The van der Waals surface area contributed by atoms with Crippen LogP contribution in [0.15, 0.2) is 71.6 Å². The molecule has 8 nitrogen and oxygen atoms in total. The summed E-state index contributed by atoms with van der Waals surface area (Å²) in [4.78, 5) is 28.4. The SMILES string of the molecule is COc1ccc(C)cc1N(CC(=O)N(Cc1ccc(Cl)cc1)[C@H](C)C(=O)NC(C)C)S(=O)(=O)c1ccc(C)cc1. The minimum Gasteiger partial charge on any atom is -0.495 e. The fraction of sp³-hybridized carbons (Fsp3) is 0.333. The molecule has 1 atom stereocenters. The lowest BCUT2D eigenvalue weighted by Gasteiger charge is -2.32. The quantitative estimate of drug-likeness (QED) is 0.338. The average Bonchev–Trinajstić information content (AvgIpc) is 2.90. The van der Waals surface area contributed by atoms with Gasteiger partial charge >= 0.3 is 0 Å². The zero-order chi connectivity index (χ0) is 29.6. The first kappa shape index (κ1) is 31.0. The Hall–Kier alpha value is -3.56. The molecule has 0 radical (unpaired) electrons. The maximum Gasteiger partial charge on any atom is 0.264 e. The van der Waals surface area contributed by atoms with Gasteiger partial charge in [-0.3, -0.25) is 13.9 Å². The van der Waals surface area contributed by atoms with Gasteiger partial charge < -0.3 is 15.0 Å². The molecule has 1 N–H and O–H groups in total. The number of sulfonamides is 1. The zero-order valence-electron chi connectivity index (χ0n) is 23.6. The van der Waals surface area contributed by atoms with E-state index >= 15 is 0 Å². The van der Waals surface area contributed by atoms with Gasteiger partial charge in [-0.25, -0.2) is 8.42 Å². The van der Waals surface area contributed by atoms with Gasteiger partial charge in [0.1, 0.15) is 18.3 Å². The van der Waals surface area contributed by atoms with Crippen molar-refractivity contribution >= 4 is 39.1 Å².